The number of anilines is 1. The van der Waals surface area contributed by atoms with Crippen LogP contribution in [0.4, 0.5) is 5.69 Å². The van der Waals surface area contributed by atoms with Crippen LogP contribution in [0.15, 0.2) is 40.6 Å². The van der Waals surface area contributed by atoms with Crippen LogP contribution in [0.25, 0.3) is 0 Å². The molecule has 154 valence electrons. The van der Waals surface area contributed by atoms with Gasteiger partial charge in [-0.1, -0.05) is 6.07 Å². The molecule has 1 atom stereocenters. The molecule has 2 aromatic rings. The van der Waals surface area contributed by atoms with Crippen LogP contribution in [0, 0.1) is 12.8 Å². The number of hydrogen-bond donors (Lipinski definition) is 3. The van der Waals surface area contributed by atoms with Crippen LogP contribution in [0.1, 0.15) is 35.0 Å². The van der Waals surface area contributed by atoms with Crippen molar-refractivity contribution < 1.29 is 13.2 Å². The molecule has 0 bridgehead atoms. The molecule has 1 unspecified atom stereocenters. The van der Waals surface area contributed by atoms with Crippen molar-refractivity contribution in [3.8, 4) is 0 Å². The highest BCUT2D eigenvalue weighted by Crippen LogP contribution is 2.23. The van der Waals surface area contributed by atoms with Crippen molar-refractivity contribution in [2.75, 3.05) is 18.4 Å². The van der Waals surface area contributed by atoms with Gasteiger partial charge in [-0.05, 0) is 80.9 Å². The van der Waals surface area contributed by atoms with Crippen LogP contribution in [0.3, 0.4) is 0 Å². The maximum Gasteiger partial charge on any atom is 0.265 e. The normalized spacial score (nSPS) is 16.2. The number of rotatable bonds is 6. The molecule has 3 N–H and O–H groups in total. The average molecular weight is 444 g/mol. The van der Waals surface area contributed by atoms with E-state index in [2.05, 4.69) is 15.4 Å². The standard InChI is InChI=1S/C19H25N3O3S2.ClH/c1-13-12-16(5-6-17(13)21-19(23)18-4-3-11-26-18)27(24,25)22-14(2)15-7-9-20-10-8-15;/h3-6,11-12,14-15,20,22H,7-10H2,1-2H3,(H,21,23);1H. The Morgan fingerprint density at radius 3 is 2.57 bits per heavy atom. The molecular formula is C19H26ClN3O3S2. The topological polar surface area (TPSA) is 87.3 Å². The van der Waals surface area contributed by atoms with Gasteiger partial charge in [0.2, 0.25) is 10.0 Å². The lowest BCUT2D eigenvalue weighted by Crippen LogP contribution is -2.42. The summed E-state index contributed by atoms with van der Waals surface area (Å²) in [5.74, 6) is 0.146. The molecule has 1 fully saturated rings. The third-order valence-electron chi connectivity index (χ3n) is 4.93. The van der Waals surface area contributed by atoms with E-state index < -0.39 is 10.0 Å². The quantitative estimate of drug-likeness (QED) is 0.638. The van der Waals surface area contributed by atoms with Gasteiger partial charge in [0, 0.05) is 11.7 Å². The van der Waals surface area contributed by atoms with Gasteiger partial charge in [-0.2, -0.15) is 0 Å². The lowest BCUT2D eigenvalue weighted by Gasteiger charge is -2.28. The van der Waals surface area contributed by atoms with Gasteiger partial charge in [0.25, 0.3) is 5.91 Å². The maximum atomic E-state index is 12.7. The van der Waals surface area contributed by atoms with Gasteiger partial charge in [0.15, 0.2) is 0 Å². The number of hydrogen-bond acceptors (Lipinski definition) is 5. The maximum absolute atomic E-state index is 12.7. The Labute approximate surface area is 176 Å². The summed E-state index contributed by atoms with van der Waals surface area (Å²) in [7, 11) is -3.60. The Bertz CT molecular complexity index is 895. The van der Waals surface area contributed by atoms with Gasteiger partial charge in [-0.15, -0.1) is 23.7 Å². The van der Waals surface area contributed by atoms with Crippen molar-refractivity contribution in [2.45, 2.75) is 37.6 Å². The average Bonchev–Trinajstić information content (AvgIpc) is 3.18. The van der Waals surface area contributed by atoms with E-state index in [0.717, 1.165) is 25.9 Å². The molecule has 0 saturated carbocycles. The van der Waals surface area contributed by atoms with E-state index in [1.807, 2.05) is 18.4 Å². The zero-order valence-electron chi connectivity index (χ0n) is 15.9. The molecule has 1 saturated heterocycles. The van der Waals surface area contributed by atoms with Crippen LogP contribution in [-0.4, -0.2) is 33.5 Å². The van der Waals surface area contributed by atoms with E-state index >= 15 is 0 Å². The van der Waals surface area contributed by atoms with E-state index in [1.54, 1.807) is 25.1 Å². The molecule has 2 heterocycles. The second kappa shape index (κ2) is 9.84. The molecule has 0 aliphatic carbocycles. The minimum atomic E-state index is -3.60. The molecular weight excluding hydrogens is 418 g/mol. The third-order valence-corrected chi connectivity index (χ3v) is 7.36. The molecule has 9 heteroatoms. The van der Waals surface area contributed by atoms with Crippen LogP contribution < -0.4 is 15.4 Å². The van der Waals surface area contributed by atoms with Crippen molar-refractivity contribution in [3.63, 3.8) is 0 Å². The van der Waals surface area contributed by atoms with Crippen molar-refractivity contribution in [2.24, 2.45) is 5.92 Å². The Morgan fingerprint density at radius 1 is 1.25 bits per heavy atom. The summed E-state index contributed by atoms with van der Waals surface area (Å²) in [6.45, 7) is 5.57. The van der Waals surface area contributed by atoms with Crippen molar-refractivity contribution in [3.05, 3.63) is 46.2 Å². The summed E-state index contributed by atoms with van der Waals surface area (Å²) in [6, 6.07) is 8.23. The summed E-state index contributed by atoms with van der Waals surface area (Å²) in [5, 5.41) is 7.97. The summed E-state index contributed by atoms with van der Waals surface area (Å²) >= 11 is 1.36. The third kappa shape index (κ3) is 5.55. The van der Waals surface area contributed by atoms with Crippen molar-refractivity contribution in [1.29, 1.82) is 0 Å². The lowest BCUT2D eigenvalue weighted by molar-refractivity contribution is 0.103. The first kappa shape index (κ1) is 22.8. The smallest absolute Gasteiger partial charge is 0.265 e. The summed E-state index contributed by atoms with van der Waals surface area (Å²) in [6.07, 6.45) is 1.94. The Hall–Kier alpha value is -1.45. The number of piperidine rings is 1. The molecule has 1 aliphatic heterocycles. The van der Waals surface area contributed by atoms with E-state index in [-0.39, 0.29) is 29.3 Å². The fourth-order valence-electron chi connectivity index (χ4n) is 3.29. The van der Waals surface area contributed by atoms with Crippen LogP contribution in [0.5, 0.6) is 0 Å². The van der Waals surface area contributed by atoms with E-state index in [1.165, 1.54) is 17.4 Å². The van der Waals surface area contributed by atoms with Crippen LogP contribution in [0.2, 0.25) is 0 Å². The molecule has 6 nitrogen and oxygen atoms in total. The zero-order chi connectivity index (χ0) is 19.4. The number of halogens is 1. The lowest BCUT2D eigenvalue weighted by atomic mass is 9.92. The highest BCUT2D eigenvalue weighted by molar-refractivity contribution is 7.89. The minimum absolute atomic E-state index is 0. The molecule has 28 heavy (non-hydrogen) atoms. The van der Waals surface area contributed by atoms with Crippen molar-refractivity contribution in [1.82, 2.24) is 10.0 Å². The number of benzene rings is 1. The van der Waals surface area contributed by atoms with Gasteiger partial charge in [0.05, 0.1) is 9.77 Å². The van der Waals surface area contributed by atoms with Gasteiger partial charge < -0.3 is 10.6 Å². The zero-order valence-corrected chi connectivity index (χ0v) is 18.3. The van der Waals surface area contributed by atoms with Gasteiger partial charge in [0.1, 0.15) is 0 Å². The molecule has 0 radical (unpaired) electrons. The molecule has 1 aromatic carbocycles. The first-order chi connectivity index (χ1) is 12.9. The highest BCUT2D eigenvalue weighted by Gasteiger charge is 2.25. The van der Waals surface area contributed by atoms with Crippen molar-refractivity contribution >= 4 is 45.4 Å². The molecule has 0 spiro atoms. The predicted molar refractivity (Wildman–Crippen MR) is 116 cm³/mol. The fourth-order valence-corrected chi connectivity index (χ4v) is 5.30. The Kier molecular flexibility index (Phi) is 8.03. The molecule has 1 aliphatic rings. The highest BCUT2D eigenvalue weighted by atomic mass is 35.5. The van der Waals surface area contributed by atoms with Crippen LogP contribution in [-0.2, 0) is 10.0 Å². The Balaban J connectivity index is 0.00000280. The van der Waals surface area contributed by atoms with E-state index in [9.17, 15) is 13.2 Å². The number of carbonyl (C=O) groups is 1. The van der Waals surface area contributed by atoms with Gasteiger partial charge >= 0.3 is 0 Å². The number of thiophene rings is 1. The van der Waals surface area contributed by atoms with E-state index in [0.29, 0.717) is 22.0 Å². The number of amides is 1. The second-order valence-electron chi connectivity index (χ2n) is 6.91. The van der Waals surface area contributed by atoms with Gasteiger partial charge in [-0.25, -0.2) is 13.1 Å². The molecule has 3 rings (SSSR count). The number of aryl methyl sites for hydroxylation is 1. The largest absolute Gasteiger partial charge is 0.321 e. The predicted octanol–water partition coefficient (Wildman–Crippen LogP) is 3.40. The minimum Gasteiger partial charge on any atom is -0.321 e. The summed E-state index contributed by atoms with van der Waals surface area (Å²) in [5.41, 5.74) is 1.32. The SMILES string of the molecule is Cc1cc(S(=O)(=O)NC(C)C2CCNCC2)ccc1NC(=O)c1cccs1.Cl. The number of nitrogens with one attached hydrogen (secondary N) is 3. The number of carbonyl (C=O) groups excluding carboxylic acids is 1. The second-order valence-corrected chi connectivity index (χ2v) is 9.57. The van der Waals surface area contributed by atoms with E-state index in [4.69, 9.17) is 0 Å². The monoisotopic (exact) mass is 443 g/mol. The summed E-state index contributed by atoms with van der Waals surface area (Å²) in [4.78, 5) is 13.0. The number of sulfonamides is 1. The summed E-state index contributed by atoms with van der Waals surface area (Å²) < 4.78 is 28.3. The molecule has 1 aromatic heterocycles. The first-order valence-corrected chi connectivity index (χ1v) is 11.4. The first-order valence-electron chi connectivity index (χ1n) is 9.05. The Morgan fingerprint density at radius 2 is 1.96 bits per heavy atom. The van der Waals surface area contributed by atoms with Gasteiger partial charge in [-0.3, -0.25) is 4.79 Å². The van der Waals surface area contributed by atoms with Crippen LogP contribution >= 0.6 is 23.7 Å². The molecule has 1 amide bonds. The fraction of sp³-hybridized carbons (Fsp3) is 0.421.